The standard InChI is InChI=1S/C58H45NO/c1-57(2)51-19-8-7-16-49(51)50-36-29-42(37-54(50)57)38-23-30-43(31-24-38)59(44-32-25-40(26-33-44)47-17-11-14-39-13-5-6-15-46(39)47)45-34-27-41(28-35-45)48-18-12-21-53-56(48)60-55-22-10-9-20-52(55)58(53,3)4/h5-37H,1-4H3. The van der Waals surface area contributed by atoms with Gasteiger partial charge in [-0.1, -0.05) is 179 Å². The van der Waals surface area contributed by atoms with Crippen LogP contribution in [0.1, 0.15) is 49.9 Å². The first-order valence-corrected chi connectivity index (χ1v) is 21.0. The summed E-state index contributed by atoms with van der Waals surface area (Å²) in [4.78, 5) is 2.36. The first-order valence-electron chi connectivity index (χ1n) is 21.0. The molecule has 0 N–H and O–H groups in total. The number of anilines is 3. The molecule has 1 heterocycles. The predicted octanol–water partition coefficient (Wildman–Crippen LogP) is 16.0. The van der Waals surface area contributed by atoms with Crippen LogP contribution >= 0.6 is 0 Å². The van der Waals surface area contributed by atoms with Crippen LogP contribution in [0.3, 0.4) is 0 Å². The van der Waals surface area contributed by atoms with Crippen molar-refractivity contribution in [2.75, 3.05) is 4.90 Å². The van der Waals surface area contributed by atoms with Crippen molar-refractivity contribution in [2.24, 2.45) is 0 Å². The Kier molecular flexibility index (Phi) is 8.22. The van der Waals surface area contributed by atoms with Gasteiger partial charge in [-0.3, -0.25) is 0 Å². The van der Waals surface area contributed by atoms with Crippen LogP contribution in [-0.4, -0.2) is 0 Å². The van der Waals surface area contributed by atoms with Gasteiger partial charge in [-0.15, -0.1) is 0 Å². The Labute approximate surface area is 353 Å². The highest BCUT2D eigenvalue weighted by Crippen LogP contribution is 2.52. The molecule has 2 heteroatoms. The molecular weight excluding hydrogens is 727 g/mol. The number of fused-ring (bicyclic) bond motifs is 6. The second-order valence-electron chi connectivity index (χ2n) is 17.3. The van der Waals surface area contributed by atoms with Crippen molar-refractivity contribution in [3.05, 3.63) is 222 Å². The fourth-order valence-electron chi connectivity index (χ4n) is 9.88. The Morgan fingerprint density at radius 1 is 0.350 bits per heavy atom. The van der Waals surface area contributed by atoms with Gasteiger partial charge in [-0.2, -0.15) is 0 Å². The number of hydrogen-bond donors (Lipinski definition) is 0. The van der Waals surface area contributed by atoms with Gasteiger partial charge in [0.15, 0.2) is 0 Å². The Bertz CT molecular complexity index is 3090. The monoisotopic (exact) mass is 771 g/mol. The smallest absolute Gasteiger partial charge is 0.139 e. The van der Waals surface area contributed by atoms with Gasteiger partial charge < -0.3 is 9.64 Å². The maximum atomic E-state index is 6.68. The van der Waals surface area contributed by atoms with Crippen molar-refractivity contribution in [1.82, 2.24) is 0 Å². The van der Waals surface area contributed by atoms with E-state index in [1.165, 1.54) is 66.4 Å². The molecule has 288 valence electrons. The van der Waals surface area contributed by atoms with Gasteiger partial charge in [0.1, 0.15) is 11.5 Å². The summed E-state index contributed by atoms with van der Waals surface area (Å²) in [5.41, 5.74) is 18.0. The van der Waals surface area contributed by atoms with Crippen LogP contribution in [0, 0.1) is 0 Å². The molecule has 0 amide bonds. The highest BCUT2D eigenvalue weighted by Gasteiger charge is 2.36. The number of ether oxygens (including phenoxy) is 1. The highest BCUT2D eigenvalue weighted by molar-refractivity contribution is 5.97. The Morgan fingerprint density at radius 3 is 1.57 bits per heavy atom. The molecule has 0 saturated heterocycles. The van der Waals surface area contributed by atoms with Gasteiger partial charge in [0.05, 0.1) is 0 Å². The summed E-state index contributed by atoms with van der Waals surface area (Å²) in [7, 11) is 0. The molecule has 0 radical (unpaired) electrons. The van der Waals surface area contributed by atoms with Crippen molar-refractivity contribution in [2.45, 2.75) is 38.5 Å². The molecule has 9 aromatic rings. The van der Waals surface area contributed by atoms with Crippen LogP contribution in [0.15, 0.2) is 200 Å². The molecule has 0 spiro atoms. The summed E-state index contributed by atoms with van der Waals surface area (Å²) in [6.45, 7) is 9.27. The molecule has 1 aliphatic carbocycles. The minimum absolute atomic E-state index is 0.0467. The summed E-state index contributed by atoms with van der Waals surface area (Å²) in [5, 5.41) is 2.50. The molecule has 0 aromatic heterocycles. The van der Waals surface area contributed by atoms with Crippen molar-refractivity contribution >= 4 is 27.8 Å². The van der Waals surface area contributed by atoms with E-state index in [-0.39, 0.29) is 10.8 Å². The molecule has 11 rings (SSSR count). The molecule has 0 bridgehead atoms. The second-order valence-corrected chi connectivity index (χ2v) is 17.3. The normalized spacial score (nSPS) is 14.1. The van der Waals surface area contributed by atoms with Crippen LogP contribution in [0.2, 0.25) is 0 Å². The van der Waals surface area contributed by atoms with E-state index in [1.807, 2.05) is 0 Å². The lowest BCUT2D eigenvalue weighted by molar-refractivity contribution is 0.419. The SMILES string of the molecule is CC1(C)c2ccccc2-c2ccc(-c3ccc(N(c4ccc(-c5cccc6c5Oc5ccccc5C6(C)C)cc4)c4ccc(-c5cccc6ccccc56)cc4)cc3)cc21. The molecule has 0 unspecified atom stereocenters. The third kappa shape index (κ3) is 5.70. The lowest BCUT2D eigenvalue weighted by Crippen LogP contribution is -2.24. The third-order valence-electron chi connectivity index (χ3n) is 13.2. The Hall–Kier alpha value is -7.16. The maximum absolute atomic E-state index is 6.68. The number of rotatable bonds is 6. The van der Waals surface area contributed by atoms with Gasteiger partial charge in [-0.05, 0) is 109 Å². The average Bonchev–Trinajstić information content (AvgIpc) is 3.52. The first kappa shape index (κ1) is 36.0. The zero-order valence-corrected chi connectivity index (χ0v) is 34.4. The van der Waals surface area contributed by atoms with Crippen molar-refractivity contribution in [3.63, 3.8) is 0 Å². The molecule has 60 heavy (non-hydrogen) atoms. The van der Waals surface area contributed by atoms with Gasteiger partial charge in [0.25, 0.3) is 0 Å². The Morgan fingerprint density at radius 2 is 0.833 bits per heavy atom. The minimum Gasteiger partial charge on any atom is -0.456 e. The summed E-state index contributed by atoms with van der Waals surface area (Å²) in [6.07, 6.45) is 0. The van der Waals surface area contributed by atoms with Crippen molar-refractivity contribution in [1.29, 1.82) is 0 Å². The van der Waals surface area contributed by atoms with Crippen LogP contribution in [0.5, 0.6) is 11.5 Å². The summed E-state index contributed by atoms with van der Waals surface area (Å²) < 4.78 is 6.68. The van der Waals surface area contributed by atoms with Gasteiger partial charge in [0.2, 0.25) is 0 Å². The van der Waals surface area contributed by atoms with Crippen LogP contribution in [0.25, 0.3) is 55.3 Å². The summed E-state index contributed by atoms with van der Waals surface area (Å²) in [5.74, 6) is 1.86. The van der Waals surface area contributed by atoms with E-state index in [9.17, 15) is 0 Å². The van der Waals surface area contributed by atoms with E-state index in [2.05, 4.69) is 233 Å². The number of para-hydroxylation sites is 2. The quantitative estimate of drug-likeness (QED) is 0.167. The van der Waals surface area contributed by atoms with Crippen molar-refractivity contribution < 1.29 is 4.74 Å². The van der Waals surface area contributed by atoms with E-state index >= 15 is 0 Å². The average molecular weight is 772 g/mol. The lowest BCUT2D eigenvalue weighted by Gasteiger charge is -2.35. The lowest BCUT2D eigenvalue weighted by atomic mass is 9.75. The van der Waals surface area contributed by atoms with Crippen LogP contribution < -0.4 is 9.64 Å². The fraction of sp³-hybridized carbons (Fsp3) is 0.103. The zero-order valence-electron chi connectivity index (χ0n) is 34.4. The zero-order chi connectivity index (χ0) is 40.6. The first-order chi connectivity index (χ1) is 29.3. The van der Waals surface area contributed by atoms with E-state index in [0.29, 0.717) is 0 Å². The van der Waals surface area contributed by atoms with E-state index in [4.69, 9.17) is 4.74 Å². The molecule has 2 nitrogen and oxygen atoms in total. The molecule has 0 fully saturated rings. The van der Waals surface area contributed by atoms with E-state index in [1.54, 1.807) is 0 Å². The largest absolute Gasteiger partial charge is 0.456 e. The molecule has 9 aromatic carbocycles. The van der Waals surface area contributed by atoms with Crippen LogP contribution in [-0.2, 0) is 10.8 Å². The maximum Gasteiger partial charge on any atom is 0.139 e. The van der Waals surface area contributed by atoms with Gasteiger partial charge >= 0.3 is 0 Å². The topological polar surface area (TPSA) is 12.5 Å². The van der Waals surface area contributed by atoms with Gasteiger partial charge in [-0.25, -0.2) is 0 Å². The van der Waals surface area contributed by atoms with Gasteiger partial charge in [0, 0.05) is 44.6 Å². The predicted molar refractivity (Wildman–Crippen MR) is 251 cm³/mol. The Balaban J connectivity index is 0.974. The summed E-state index contributed by atoms with van der Waals surface area (Å²) in [6, 6.07) is 73.0. The van der Waals surface area contributed by atoms with Crippen LogP contribution in [0.4, 0.5) is 17.1 Å². The third-order valence-corrected chi connectivity index (χ3v) is 13.2. The number of hydrogen-bond acceptors (Lipinski definition) is 2. The molecule has 1 aliphatic heterocycles. The fourth-order valence-corrected chi connectivity index (χ4v) is 9.88. The number of benzene rings is 9. The van der Waals surface area contributed by atoms with E-state index in [0.717, 1.165) is 39.7 Å². The number of nitrogens with zero attached hydrogens (tertiary/aromatic N) is 1. The molecule has 2 aliphatic rings. The summed E-state index contributed by atoms with van der Waals surface area (Å²) >= 11 is 0. The molecule has 0 atom stereocenters. The van der Waals surface area contributed by atoms with Crippen molar-refractivity contribution in [3.8, 4) is 56.0 Å². The highest BCUT2D eigenvalue weighted by atomic mass is 16.5. The molecular formula is C58H45NO. The molecule has 0 saturated carbocycles. The minimum atomic E-state index is -0.178. The second kappa shape index (κ2) is 13.7. The van der Waals surface area contributed by atoms with E-state index < -0.39 is 0 Å².